The standard InChI is InChI=1S/C12H26N2/c1-10(2)7-14-8-11(3)5-13-6-12(4)9-14/h10-13H,5-9H2,1-4H3. The van der Waals surface area contributed by atoms with E-state index in [1.54, 1.807) is 0 Å². The van der Waals surface area contributed by atoms with Crippen molar-refractivity contribution in [1.29, 1.82) is 0 Å². The Bertz CT molecular complexity index is 144. The molecule has 1 saturated heterocycles. The van der Waals surface area contributed by atoms with Crippen molar-refractivity contribution in [2.24, 2.45) is 17.8 Å². The van der Waals surface area contributed by atoms with Crippen LogP contribution in [0.3, 0.4) is 0 Å². The first-order valence-electron chi connectivity index (χ1n) is 6.01. The molecule has 14 heavy (non-hydrogen) atoms. The maximum absolute atomic E-state index is 3.53. The summed E-state index contributed by atoms with van der Waals surface area (Å²) in [6.07, 6.45) is 0. The number of hydrogen-bond acceptors (Lipinski definition) is 2. The SMILES string of the molecule is CC(C)CN1CC(C)CNCC(C)C1. The van der Waals surface area contributed by atoms with Crippen molar-refractivity contribution in [3.05, 3.63) is 0 Å². The lowest BCUT2D eigenvalue weighted by Gasteiger charge is -2.32. The number of rotatable bonds is 2. The highest BCUT2D eigenvalue weighted by molar-refractivity contribution is 4.73. The van der Waals surface area contributed by atoms with Gasteiger partial charge in [-0.2, -0.15) is 0 Å². The summed E-state index contributed by atoms with van der Waals surface area (Å²) >= 11 is 0. The predicted molar refractivity (Wildman–Crippen MR) is 62.5 cm³/mol. The highest BCUT2D eigenvalue weighted by atomic mass is 15.1. The third-order valence-corrected chi connectivity index (χ3v) is 2.75. The fourth-order valence-corrected chi connectivity index (χ4v) is 2.33. The van der Waals surface area contributed by atoms with Gasteiger partial charge in [-0.3, -0.25) is 0 Å². The Labute approximate surface area is 89.1 Å². The summed E-state index contributed by atoms with van der Waals surface area (Å²) in [5.41, 5.74) is 0. The molecule has 1 fully saturated rings. The van der Waals surface area contributed by atoms with Gasteiger partial charge in [0.15, 0.2) is 0 Å². The molecule has 1 rings (SSSR count). The number of nitrogens with one attached hydrogen (secondary N) is 1. The molecule has 84 valence electrons. The van der Waals surface area contributed by atoms with Crippen molar-refractivity contribution in [2.45, 2.75) is 27.7 Å². The minimum absolute atomic E-state index is 0.793. The quantitative estimate of drug-likeness (QED) is 0.728. The highest BCUT2D eigenvalue weighted by Crippen LogP contribution is 2.09. The molecule has 0 saturated carbocycles. The van der Waals surface area contributed by atoms with E-state index in [-0.39, 0.29) is 0 Å². The monoisotopic (exact) mass is 198 g/mol. The molecule has 0 aromatic rings. The lowest BCUT2D eigenvalue weighted by atomic mass is 10.0. The molecule has 0 aromatic heterocycles. The van der Waals surface area contributed by atoms with E-state index in [4.69, 9.17) is 0 Å². The van der Waals surface area contributed by atoms with Gasteiger partial charge in [-0.25, -0.2) is 0 Å². The van der Waals surface area contributed by atoms with Crippen LogP contribution in [0.5, 0.6) is 0 Å². The van der Waals surface area contributed by atoms with Gasteiger partial charge in [-0.05, 0) is 30.8 Å². The van der Waals surface area contributed by atoms with Crippen LogP contribution >= 0.6 is 0 Å². The molecule has 0 bridgehead atoms. The van der Waals surface area contributed by atoms with Crippen LogP contribution in [-0.2, 0) is 0 Å². The van der Waals surface area contributed by atoms with Crippen LogP contribution in [0.15, 0.2) is 0 Å². The zero-order valence-electron chi connectivity index (χ0n) is 10.2. The molecule has 2 heteroatoms. The molecule has 0 aliphatic carbocycles. The van der Waals surface area contributed by atoms with E-state index < -0.39 is 0 Å². The molecule has 0 aromatic carbocycles. The second-order valence-electron chi connectivity index (χ2n) is 5.48. The van der Waals surface area contributed by atoms with Gasteiger partial charge in [-0.15, -0.1) is 0 Å². The summed E-state index contributed by atoms with van der Waals surface area (Å²) in [6, 6.07) is 0. The summed E-state index contributed by atoms with van der Waals surface area (Å²) in [5, 5.41) is 3.53. The average molecular weight is 198 g/mol. The van der Waals surface area contributed by atoms with Crippen LogP contribution in [0.25, 0.3) is 0 Å². The topological polar surface area (TPSA) is 15.3 Å². The van der Waals surface area contributed by atoms with Crippen molar-refractivity contribution in [3.8, 4) is 0 Å². The van der Waals surface area contributed by atoms with Crippen LogP contribution in [0.1, 0.15) is 27.7 Å². The molecule has 1 aliphatic heterocycles. The van der Waals surface area contributed by atoms with E-state index in [0.29, 0.717) is 0 Å². The average Bonchev–Trinajstić information content (AvgIpc) is 1.99. The van der Waals surface area contributed by atoms with E-state index in [1.807, 2.05) is 0 Å². The molecule has 2 unspecified atom stereocenters. The lowest BCUT2D eigenvalue weighted by Crippen LogP contribution is -2.43. The van der Waals surface area contributed by atoms with Crippen molar-refractivity contribution < 1.29 is 0 Å². The summed E-state index contributed by atoms with van der Waals surface area (Å²) in [7, 11) is 0. The fraction of sp³-hybridized carbons (Fsp3) is 1.00. The molecule has 1 heterocycles. The van der Waals surface area contributed by atoms with Crippen molar-refractivity contribution in [3.63, 3.8) is 0 Å². The van der Waals surface area contributed by atoms with E-state index in [1.165, 1.54) is 32.7 Å². The Morgan fingerprint density at radius 1 is 1.14 bits per heavy atom. The smallest absolute Gasteiger partial charge is 0.00194 e. The summed E-state index contributed by atoms with van der Waals surface area (Å²) in [4.78, 5) is 2.64. The zero-order valence-corrected chi connectivity index (χ0v) is 10.2. The molecule has 0 amide bonds. The van der Waals surface area contributed by atoms with Crippen molar-refractivity contribution >= 4 is 0 Å². The van der Waals surface area contributed by atoms with Crippen LogP contribution in [0.4, 0.5) is 0 Å². The Hall–Kier alpha value is -0.0800. The van der Waals surface area contributed by atoms with Crippen molar-refractivity contribution in [2.75, 3.05) is 32.7 Å². The first-order valence-corrected chi connectivity index (χ1v) is 6.01. The lowest BCUT2D eigenvalue weighted by molar-refractivity contribution is 0.169. The summed E-state index contributed by atoms with van der Waals surface area (Å²) < 4.78 is 0. The minimum atomic E-state index is 0.793. The van der Waals surface area contributed by atoms with Gasteiger partial charge in [0, 0.05) is 19.6 Å². The Kier molecular flexibility index (Phi) is 4.90. The van der Waals surface area contributed by atoms with Gasteiger partial charge in [-0.1, -0.05) is 27.7 Å². The Balaban J connectivity index is 2.43. The van der Waals surface area contributed by atoms with Crippen LogP contribution < -0.4 is 5.32 Å². The normalized spacial score (nSPS) is 31.5. The second kappa shape index (κ2) is 5.72. The molecule has 2 nitrogen and oxygen atoms in total. The molecule has 1 N–H and O–H groups in total. The maximum atomic E-state index is 3.53. The zero-order chi connectivity index (χ0) is 10.6. The molecule has 2 atom stereocenters. The largest absolute Gasteiger partial charge is 0.316 e. The van der Waals surface area contributed by atoms with Crippen LogP contribution in [0.2, 0.25) is 0 Å². The minimum Gasteiger partial charge on any atom is -0.316 e. The second-order valence-corrected chi connectivity index (χ2v) is 5.48. The van der Waals surface area contributed by atoms with Gasteiger partial charge in [0.25, 0.3) is 0 Å². The molecular formula is C12H26N2. The first-order chi connectivity index (χ1) is 6.58. The Morgan fingerprint density at radius 2 is 1.64 bits per heavy atom. The molecule has 1 aliphatic rings. The van der Waals surface area contributed by atoms with Gasteiger partial charge in [0.05, 0.1) is 0 Å². The van der Waals surface area contributed by atoms with Gasteiger partial charge in [0.1, 0.15) is 0 Å². The molecule has 0 spiro atoms. The maximum Gasteiger partial charge on any atom is 0.00194 e. The highest BCUT2D eigenvalue weighted by Gasteiger charge is 2.17. The third-order valence-electron chi connectivity index (χ3n) is 2.75. The fourth-order valence-electron chi connectivity index (χ4n) is 2.33. The predicted octanol–water partition coefficient (Wildman–Crippen LogP) is 1.82. The van der Waals surface area contributed by atoms with Gasteiger partial charge in [0.2, 0.25) is 0 Å². The van der Waals surface area contributed by atoms with Crippen LogP contribution in [0, 0.1) is 17.8 Å². The van der Waals surface area contributed by atoms with E-state index >= 15 is 0 Å². The summed E-state index contributed by atoms with van der Waals surface area (Å²) in [5.74, 6) is 2.38. The summed E-state index contributed by atoms with van der Waals surface area (Å²) in [6.45, 7) is 15.4. The van der Waals surface area contributed by atoms with E-state index in [2.05, 4.69) is 37.9 Å². The van der Waals surface area contributed by atoms with E-state index in [0.717, 1.165) is 17.8 Å². The van der Waals surface area contributed by atoms with Crippen molar-refractivity contribution in [1.82, 2.24) is 10.2 Å². The molecular weight excluding hydrogens is 172 g/mol. The van der Waals surface area contributed by atoms with Gasteiger partial charge < -0.3 is 10.2 Å². The van der Waals surface area contributed by atoms with E-state index in [9.17, 15) is 0 Å². The molecule has 0 radical (unpaired) electrons. The van der Waals surface area contributed by atoms with Gasteiger partial charge >= 0.3 is 0 Å². The third kappa shape index (κ3) is 4.43. The first kappa shape index (κ1) is 12.0. The van der Waals surface area contributed by atoms with Crippen LogP contribution in [-0.4, -0.2) is 37.6 Å². The number of hydrogen-bond donors (Lipinski definition) is 1. The number of nitrogens with zero attached hydrogens (tertiary/aromatic N) is 1. The Morgan fingerprint density at radius 3 is 2.07 bits per heavy atom.